The summed E-state index contributed by atoms with van der Waals surface area (Å²) in [6, 6.07) is 21.4. The molecular formula is C24H25N3O3. The predicted octanol–water partition coefficient (Wildman–Crippen LogP) is 3.83. The summed E-state index contributed by atoms with van der Waals surface area (Å²) in [5, 5.41) is 15.7. The first-order valence-electron chi connectivity index (χ1n) is 10.0. The Bertz CT molecular complexity index is 1180. The fourth-order valence-electron chi connectivity index (χ4n) is 3.76. The number of hydrogen-bond donors (Lipinski definition) is 2. The summed E-state index contributed by atoms with van der Waals surface area (Å²) >= 11 is 0. The number of rotatable bonds is 7. The van der Waals surface area contributed by atoms with Gasteiger partial charge in [0, 0.05) is 12.3 Å². The Morgan fingerprint density at radius 2 is 1.83 bits per heavy atom. The summed E-state index contributed by atoms with van der Waals surface area (Å²) in [7, 11) is 0. The first-order valence-corrected chi connectivity index (χ1v) is 10.0. The molecule has 0 unspecified atom stereocenters. The molecule has 2 atom stereocenters. The molecule has 30 heavy (non-hydrogen) atoms. The van der Waals surface area contributed by atoms with Crippen LogP contribution < -0.4 is 10.1 Å². The third-order valence-electron chi connectivity index (χ3n) is 5.07. The van der Waals surface area contributed by atoms with Gasteiger partial charge < -0.3 is 19.7 Å². The van der Waals surface area contributed by atoms with Crippen LogP contribution in [0.25, 0.3) is 21.8 Å². The Labute approximate surface area is 175 Å². The van der Waals surface area contributed by atoms with E-state index in [4.69, 9.17) is 4.74 Å². The third-order valence-corrected chi connectivity index (χ3v) is 5.07. The molecule has 1 amide bonds. The van der Waals surface area contributed by atoms with E-state index in [1.807, 2.05) is 78.2 Å². The number of fused-ring (bicyclic) bond motifs is 2. The maximum Gasteiger partial charge on any atom is 0.217 e. The normalized spacial score (nSPS) is 13.3. The Morgan fingerprint density at radius 3 is 2.67 bits per heavy atom. The molecule has 1 aromatic heterocycles. The van der Waals surface area contributed by atoms with Crippen LogP contribution in [0.1, 0.15) is 25.7 Å². The molecule has 0 fully saturated rings. The number of aromatic nitrogens is 2. The van der Waals surface area contributed by atoms with E-state index >= 15 is 0 Å². The molecule has 0 bridgehead atoms. The number of imidazole rings is 1. The highest BCUT2D eigenvalue weighted by molar-refractivity contribution is 5.88. The smallest absolute Gasteiger partial charge is 0.217 e. The number of carbonyl (C=O) groups is 1. The van der Waals surface area contributed by atoms with Crippen LogP contribution in [-0.2, 0) is 11.3 Å². The number of hydrogen-bond acceptors (Lipinski definition) is 4. The maximum atomic E-state index is 11.5. The van der Waals surface area contributed by atoms with E-state index < -0.39 is 6.10 Å². The average Bonchev–Trinajstić information content (AvgIpc) is 3.10. The SMILES string of the molecule is CC(=O)N[C@@H](C)c1nc2ccccc2n1C[C@@H](O)COc1cccc2ccccc12. The Hall–Kier alpha value is -3.38. The number of nitrogens with zero attached hydrogens (tertiary/aromatic N) is 2. The van der Waals surface area contributed by atoms with Crippen molar-refractivity contribution in [3.05, 3.63) is 72.6 Å². The fourth-order valence-corrected chi connectivity index (χ4v) is 3.76. The highest BCUT2D eigenvalue weighted by atomic mass is 16.5. The predicted molar refractivity (Wildman–Crippen MR) is 117 cm³/mol. The maximum absolute atomic E-state index is 11.5. The minimum atomic E-state index is -0.746. The van der Waals surface area contributed by atoms with Crippen LogP contribution in [0.3, 0.4) is 0 Å². The molecule has 6 nitrogen and oxygen atoms in total. The van der Waals surface area contributed by atoms with Gasteiger partial charge in [0.15, 0.2) is 0 Å². The van der Waals surface area contributed by atoms with Crippen molar-refractivity contribution in [2.75, 3.05) is 6.61 Å². The van der Waals surface area contributed by atoms with Crippen molar-refractivity contribution < 1.29 is 14.6 Å². The van der Waals surface area contributed by atoms with Crippen molar-refractivity contribution in [1.29, 1.82) is 0 Å². The van der Waals surface area contributed by atoms with Gasteiger partial charge in [-0.15, -0.1) is 0 Å². The van der Waals surface area contributed by atoms with Crippen molar-refractivity contribution >= 4 is 27.7 Å². The molecule has 0 aliphatic carbocycles. The standard InChI is InChI=1S/C24H25N3O3/c1-16(25-17(2)28)24-26-21-11-5-6-12-22(21)27(24)14-19(29)15-30-23-13-7-9-18-8-3-4-10-20(18)23/h3-13,16,19,29H,14-15H2,1-2H3,(H,25,28)/t16-,19+/m0/s1. The summed E-state index contributed by atoms with van der Waals surface area (Å²) in [6.07, 6.45) is -0.746. The number of ether oxygens (including phenoxy) is 1. The van der Waals surface area contributed by atoms with E-state index in [0.29, 0.717) is 12.4 Å². The first-order chi connectivity index (χ1) is 14.5. The number of aliphatic hydroxyl groups is 1. The van der Waals surface area contributed by atoms with Crippen LogP contribution in [0.15, 0.2) is 66.7 Å². The molecule has 0 saturated heterocycles. The molecule has 0 aliphatic rings. The molecule has 0 spiro atoms. The molecular weight excluding hydrogens is 378 g/mol. The molecule has 4 aromatic rings. The van der Waals surface area contributed by atoms with E-state index in [-0.39, 0.29) is 18.6 Å². The largest absolute Gasteiger partial charge is 0.490 e. The number of nitrogens with one attached hydrogen (secondary N) is 1. The van der Waals surface area contributed by atoms with E-state index in [9.17, 15) is 9.90 Å². The van der Waals surface area contributed by atoms with E-state index in [1.54, 1.807) is 0 Å². The van der Waals surface area contributed by atoms with Gasteiger partial charge in [-0.05, 0) is 30.5 Å². The summed E-state index contributed by atoms with van der Waals surface area (Å²) < 4.78 is 7.90. The van der Waals surface area contributed by atoms with Crippen LogP contribution in [0.4, 0.5) is 0 Å². The van der Waals surface area contributed by atoms with Gasteiger partial charge in [0.2, 0.25) is 5.91 Å². The van der Waals surface area contributed by atoms with Crippen molar-refractivity contribution in [3.63, 3.8) is 0 Å². The summed E-state index contributed by atoms with van der Waals surface area (Å²) in [5.74, 6) is 1.33. The zero-order valence-corrected chi connectivity index (χ0v) is 17.1. The molecule has 6 heteroatoms. The number of aliphatic hydroxyl groups excluding tert-OH is 1. The van der Waals surface area contributed by atoms with Gasteiger partial charge in [-0.25, -0.2) is 4.98 Å². The second-order valence-corrected chi connectivity index (χ2v) is 7.43. The van der Waals surface area contributed by atoms with Crippen LogP contribution in [0.2, 0.25) is 0 Å². The second-order valence-electron chi connectivity index (χ2n) is 7.43. The van der Waals surface area contributed by atoms with Crippen molar-refractivity contribution in [2.45, 2.75) is 32.5 Å². The molecule has 4 rings (SSSR count). The lowest BCUT2D eigenvalue weighted by atomic mass is 10.1. The molecule has 2 N–H and O–H groups in total. The fraction of sp³-hybridized carbons (Fsp3) is 0.250. The third kappa shape index (κ3) is 4.14. The lowest BCUT2D eigenvalue weighted by molar-refractivity contribution is -0.119. The quantitative estimate of drug-likeness (QED) is 0.492. The van der Waals surface area contributed by atoms with Crippen LogP contribution in [0, 0.1) is 0 Å². The van der Waals surface area contributed by atoms with Crippen LogP contribution in [-0.4, -0.2) is 33.3 Å². The van der Waals surface area contributed by atoms with Gasteiger partial charge >= 0.3 is 0 Å². The first kappa shape index (κ1) is 19.9. The monoisotopic (exact) mass is 403 g/mol. The molecule has 0 aliphatic heterocycles. The Balaban J connectivity index is 1.55. The number of para-hydroxylation sites is 2. The topological polar surface area (TPSA) is 76.4 Å². The highest BCUT2D eigenvalue weighted by Gasteiger charge is 2.19. The number of carbonyl (C=O) groups excluding carboxylic acids is 1. The van der Waals surface area contributed by atoms with Crippen molar-refractivity contribution in [2.24, 2.45) is 0 Å². The van der Waals surface area contributed by atoms with Crippen LogP contribution >= 0.6 is 0 Å². The molecule has 3 aromatic carbocycles. The zero-order chi connectivity index (χ0) is 21.1. The second kappa shape index (κ2) is 8.55. The van der Waals surface area contributed by atoms with Gasteiger partial charge in [-0.1, -0.05) is 48.5 Å². The van der Waals surface area contributed by atoms with Gasteiger partial charge in [0.05, 0.1) is 23.6 Å². The van der Waals surface area contributed by atoms with Gasteiger partial charge in [0.25, 0.3) is 0 Å². The van der Waals surface area contributed by atoms with E-state index in [2.05, 4.69) is 10.3 Å². The molecule has 1 heterocycles. The summed E-state index contributed by atoms with van der Waals surface area (Å²) in [4.78, 5) is 16.2. The zero-order valence-electron chi connectivity index (χ0n) is 17.1. The number of benzene rings is 3. The molecule has 0 saturated carbocycles. The molecule has 0 radical (unpaired) electrons. The van der Waals surface area contributed by atoms with Gasteiger partial charge in [-0.2, -0.15) is 0 Å². The minimum absolute atomic E-state index is 0.124. The Kier molecular flexibility index (Phi) is 5.68. The van der Waals surface area contributed by atoms with Gasteiger partial charge in [-0.3, -0.25) is 4.79 Å². The summed E-state index contributed by atoms with van der Waals surface area (Å²) in [5.41, 5.74) is 1.74. The molecule has 154 valence electrons. The van der Waals surface area contributed by atoms with Gasteiger partial charge in [0.1, 0.15) is 24.3 Å². The summed E-state index contributed by atoms with van der Waals surface area (Å²) in [6.45, 7) is 3.83. The Morgan fingerprint density at radius 1 is 1.10 bits per heavy atom. The van der Waals surface area contributed by atoms with Crippen molar-refractivity contribution in [1.82, 2.24) is 14.9 Å². The minimum Gasteiger partial charge on any atom is -0.490 e. The highest BCUT2D eigenvalue weighted by Crippen LogP contribution is 2.26. The average molecular weight is 403 g/mol. The lowest BCUT2D eigenvalue weighted by Crippen LogP contribution is -2.29. The van der Waals surface area contributed by atoms with E-state index in [0.717, 1.165) is 27.6 Å². The van der Waals surface area contributed by atoms with Crippen LogP contribution in [0.5, 0.6) is 5.75 Å². The number of amides is 1. The van der Waals surface area contributed by atoms with E-state index in [1.165, 1.54) is 6.92 Å². The van der Waals surface area contributed by atoms with Crippen molar-refractivity contribution in [3.8, 4) is 5.75 Å². The lowest BCUT2D eigenvalue weighted by Gasteiger charge is -2.19.